The number of fused-ring (bicyclic) bond motifs is 2. The van der Waals surface area contributed by atoms with Gasteiger partial charge in [-0.2, -0.15) is 0 Å². The zero-order valence-corrected chi connectivity index (χ0v) is 24.5. The number of halogens is 2. The van der Waals surface area contributed by atoms with Crippen LogP contribution in [0.4, 0.5) is 13.6 Å². The molecule has 3 N–H and O–H groups in total. The van der Waals surface area contributed by atoms with Crippen LogP contribution in [0, 0.1) is 17.6 Å². The van der Waals surface area contributed by atoms with Gasteiger partial charge < -0.3 is 25.4 Å². The molecule has 0 spiro atoms. The molecule has 1 unspecified atom stereocenters. The number of hydrogen-bond donors (Lipinski definition) is 3. The molecule has 3 amide bonds. The van der Waals surface area contributed by atoms with Gasteiger partial charge in [-0.1, -0.05) is 46.8 Å². The summed E-state index contributed by atoms with van der Waals surface area (Å²) in [6.07, 6.45) is 9.07. The molecule has 1 aromatic carbocycles. The molecule has 2 aliphatic carbocycles. The van der Waals surface area contributed by atoms with Crippen molar-refractivity contribution >= 4 is 26.5 Å². The summed E-state index contributed by atoms with van der Waals surface area (Å²) in [5.74, 6) is -1.72. The van der Waals surface area contributed by atoms with Gasteiger partial charge in [0.1, 0.15) is 29.8 Å². The first kappa shape index (κ1) is 30.1. The normalized spacial score (nSPS) is 31.7. The topological polar surface area (TPSA) is 108 Å². The first-order valence-electron chi connectivity index (χ1n) is 15.2. The van der Waals surface area contributed by atoms with Crippen molar-refractivity contribution in [2.45, 2.75) is 119 Å². The number of nitrogens with zero attached hydrogens (tertiary/aromatic N) is 1. The molecule has 0 bridgehead atoms. The molecule has 2 saturated heterocycles. The predicted octanol–water partition coefficient (Wildman–Crippen LogP) is 4.72. The first-order valence-corrected chi connectivity index (χ1v) is 16.4. The molecule has 2 saturated carbocycles. The van der Waals surface area contributed by atoms with Gasteiger partial charge >= 0.3 is 6.09 Å². The maximum Gasteiger partial charge on any atom is 0.408 e. The van der Waals surface area contributed by atoms with Gasteiger partial charge in [-0.25, -0.2) is 13.6 Å². The SMILES string of the molecule is O=C(N[C@H]1CCCCCCC[C@@H]2C[C@@]2(PCc2c(F)cccc2F)NC(=O)[C@@H]2C[C@H](O)CN2C1=O)OC1CCCC1. The molecule has 6 atom stereocenters. The van der Waals surface area contributed by atoms with Crippen molar-refractivity contribution in [3.63, 3.8) is 0 Å². The van der Waals surface area contributed by atoms with Crippen LogP contribution in [0.25, 0.3) is 0 Å². The van der Waals surface area contributed by atoms with Gasteiger partial charge in [-0.3, -0.25) is 9.59 Å². The number of benzene rings is 1. The molecule has 0 radical (unpaired) electrons. The summed E-state index contributed by atoms with van der Waals surface area (Å²) in [6.45, 7) is 0.00588. The lowest BCUT2D eigenvalue weighted by Crippen LogP contribution is -2.55. The van der Waals surface area contributed by atoms with Crippen LogP contribution in [-0.4, -0.2) is 64.0 Å². The monoisotopic (exact) mass is 593 g/mol. The van der Waals surface area contributed by atoms with Gasteiger partial charge in [0, 0.05) is 18.5 Å². The molecule has 2 aliphatic heterocycles. The van der Waals surface area contributed by atoms with Crippen molar-refractivity contribution < 1.29 is 33.0 Å². The third-order valence-corrected chi connectivity index (χ3v) is 11.1. The Morgan fingerprint density at radius 1 is 1.05 bits per heavy atom. The number of carbonyl (C=O) groups is 3. The lowest BCUT2D eigenvalue weighted by Gasteiger charge is -2.30. The zero-order chi connectivity index (χ0) is 29.0. The minimum Gasteiger partial charge on any atom is -0.446 e. The molecule has 5 rings (SSSR count). The molecule has 2 heterocycles. The number of alkyl carbamates (subject to hydrolysis) is 1. The molecule has 8 nitrogen and oxygen atoms in total. The lowest BCUT2D eigenvalue weighted by molar-refractivity contribution is -0.140. The Morgan fingerprint density at radius 3 is 2.44 bits per heavy atom. The Balaban J connectivity index is 1.31. The number of carbonyl (C=O) groups excluding carboxylic acids is 3. The summed E-state index contributed by atoms with van der Waals surface area (Å²) in [5, 5.41) is 15.9. The number of nitrogens with one attached hydrogen (secondary N) is 2. The molecule has 226 valence electrons. The quantitative estimate of drug-likeness (QED) is 0.429. The fourth-order valence-electron chi connectivity index (χ4n) is 6.71. The molecule has 4 aliphatic rings. The van der Waals surface area contributed by atoms with E-state index in [0.717, 1.165) is 70.6 Å². The van der Waals surface area contributed by atoms with Crippen LogP contribution < -0.4 is 10.6 Å². The number of ether oxygens (including phenoxy) is 1. The van der Waals surface area contributed by atoms with E-state index < -0.39 is 47.1 Å². The van der Waals surface area contributed by atoms with Gasteiger partial charge in [0.05, 0.1) is 11.4 Å². The standard InChI is InChI=1S/C30H42F2N3O5P/c31-23-12-8-13-24(32)22(23)18-41-30-16-19(30)9-4-2-1-3-5-14-25(33-29(39)40-21-10-6-7-11-21)28(38)35-17-20(36)15-26(35)27(37)34-30/h8,12-13,19-21,25-26,36,41H,1-7,9-11,14-18H2,(H,33,39)(H,34,37)/t19-,20+,25+,26+,30+/m1/s1. The lowest BCUT2D eigenvalue weighted by atomic mass is 10.0. The summed E-state index contributed by atoms with van der Waals surface area (Å²) in [6, 6.07) is 2.11. The molecular formula is C30H42F2N3O5P. The zero-order valence-electron chi connectivity index (χ0n) is 23.5. The van der Waals surface area contributed by atoms with Crippen molar-refractivity contribution in [1.82, 2.24) is 15.5 Å². The van der Waals surface area contributed by atoms with Crippen LogP contribution in [0.3, 0.4) is 0 Å². The number of rotatable bonds is 5. The van der Waals surface area contributed by atoms with Crippen molar-refractivity contribution in [1.29, 1.82) is 0 Å². The Morgan fingerprint density at radius 2 is 1.71 bits per heavy atom. The summed E-state index contributed by atoms with van der Waals surface area (Å²) in [5.41, 5.74) is 0.0301. The van der Waals surface area contributed by atoms with Crippen LogP contribution in [0.5, 0.6) is 0 Å². The maximum atomic E-state index is 14.4. The number of amides is 3. The Kier molecular flexibility index (Phi) is 9.80. The van der Waals surface area contributed by atoms with Crippen LogP contribution in [0.2, 0.25) is 0 Å². The highest BCUT2D eigenvalue weighted by Crippen LogP contribution is 2.59. The summed E-state index contributed by atoms with van der Waals surface area (Å²) >= 11 is 0. The van der Waals surface area contributed by atoms with E-state index in [0.29, 0.717) is 6.42 Å². The third-order valence-electron chi connectivity index (χ3n) is 9.17. The molecular weight excluding hydrogens is 551 g/mol. The first-order chi connectivity index (χ1) is 19.8. The number of hydrogen-bond acceptors (Lipinski definition) is 5. The highest BCUT2D eigenvalue weighted by molar-refractivity contribution is 7.39. The maximum absolute atomic E-state index is 14.4. The van der Waals surface area contributed by atoms with E-state index in [9.17, 15) is 28.3 Å². The van der Waals surface area contributed by atoms with E-state index in [-0.39, 0.29) is 51.2 Å². The largest absolute Gasteiger partial charge is 0.446 e. The van der Waals surface area contributed by atoms with Gasteiger partial charge in [0.2, 0.25) is 11.8 Å². The Hall–Kier alpha value is -2.32. The van der Waals surface area contributed by atoms with Crippen LogP contribution in [-0.2, 0) is 20.5 Å². The molecule has 0 aromatic heterocycles. The van der Waals surface area contributed by atoms with Crippen molar-refractivity contribution in [3.05, 3.63) is 35.4 Å². The average Bonchev–Trinajstić information content (AvgIpc) is 3.22. The second-order valence-electron chi connectivity index (χ2n) is 12.2. The summed E-state index contributed by atoms with van der Waals surface area (Å²) < 4.78 is 34.3. The molecule has 41 heavy (non-hydrogen) atoms. The number of aliphatic hydroxyl groups is 1. The van der Waals surface area contributed by atoms with Gasteiger partial charge in [0.25, 0.3) is 0 Å². The fourth-order valence-corrected chi connectivity index (χ4v) is 8.57. The van der Waals surface area contributed by atoms with Crippen molar-refractivity contribution in [2.24, 2.45) is 5.92 Å². The summed E-state index contributed by atoms with van der Waals surface area (Å²) in [4.78, 5) is 41.6. The van der Waals surface area contributed by atoms with E-state index in [1.54, 1.807) is 0 Å². The van der Waals surface area contributed by atoms with Crippen LogP contribution in [0.15, 0.2) is 18.2 Å². The Labute approximate surface area is 242 Å². The van der Waals surface area contributed by atoms with Crippen molar-refractivity contribution in [3.8, 4) is 0 Å². The molecule has 1 aromatic rings. The van der Waals surface area contributed by atoms with Gasteiger partial charge in [-0.05, 0) is 69.2 Å². The van der Waals surface area contributed by atoms with Crippen LogP contribution >= 0.6 is 8.58 Å². The highest BCUT2D eigenvalue weighted by Gasteiger charge is 2.55. The minimum absolute atomic E-state index is 0.00588. The smallest absolute Gasteiger partial charge is 0.408 e. The third kappa shape index (κ3) is 7.37. The van der Waals surface area contributed by atoms with Crippen LogP contribution in [0.1, 0.15) is 89.0 Å². The van der Waals surface area contributed by atoms with E-state index in [4.69, 9.17) is 4.74 Å². The van der Waals surface area contributed by atoms with E-state index in [2.05, 4.69) is 10.6 Å². The fraction of sp³-hybridized carbons (Fsp3) is 0.700. The highest BCUT2D eigenvalue weighted by atomic mass is 31.1. The van der Waals surface area contributed by atoms with E-state index >= 15 is 0 Å². The average molecular weight is 594 g/mol. The molecule has 4 fully saturated rings. The second kappa shape index (κ2) is 13.3. The number of aliphatic hydroxyl groups excluding tert-OH is 1. The van der Waals surface area contributed by atoms with E-state index in [1.807, 2.05) is 0 Å². The van der Waals surface area contributed by atoms with Gasteiger partial charge in [0.15, 0.2) is 0 Å². The molecule has 11 heteroatoms. The predicted molar refractivity (Wildman–Crippen MR) is 151 cm³/mol. The summed E-state index contributed by atoms with van der Waals surface area (Å²) in [7, 11) is 0.0770. The van der Waals surface area contributed by atoms with E-state index in [1.165, 1.54) is 23.1 Å². The Bertz CT molecular complexity index is 1100. The van der Waals surface area contributed by atoms with Crippen molar-refractivity contribution in [2.75, 3.05) is 6.54 Å². The second-order valence-corrected chi connectivity index (χ2v) is 13.8. The minimum atomic E-state index is -0.883. The van der Waals surface area contributed by atoms with Gasteiger partial charge in [-0.15, -0.1) is 0 Å².